The van der Waals surface area contributed by atoms with Crippen LogP contribution in [-0.4, -0.2) is 25.0 Å². The summed E-state index contributed by atoms with van der Waals surface area (Å²) >= 11 is 0. The number of rotatable bonds is 5. The second-order valence-corrected chi connectivity index (χ2v) is 5.43. The number of hydrogen-bond acceptors (Lipinski definition) is 2. The van der Waals surface area contributed by atoms with Crippen LogP contribution in [0.3, 0.4) is 0 Å². The maximum absolute atomic E-state index is 11.7. The van der Waals surface area contributed by atoms with Crippen LogP contribution in [0.4, 0.5) is 0 Å². The third kappa shape index (κ3) is 5.26. The molecular formula is C13H25ClN2O. The van der Waals surface area contributed by atoms with Gasteiger partial charge in [0, 0.05) is 12.5 Å². The first-order valence-electron chi connectivity index (χ1n) is 6.76. The van der Waals surface area contributed by atoms with Gasteiger partial charge in [-0.15, -0.1) is 12.4 Å². The highest BCUT2D eigenvalue weighted by atomic mass is 35.5. The quantitative estimate of drug-likeness (QED) is 0.795. The van der Waals surface area contributed by atoms with Gasteiger partial charge in [0.2, 0.25) is 5.91 Å². The van der Waals surface area contributed by atoms with Gasteiger partial charge in [-0.1, -0.05) is 0 Å². The fraction of sp³-hybridized carbons (Fsp3) is 0.923. The van der Waals surface area contributed by atoms with E-state index in [-0.39, 0.29) is 18.3 Å². The van der Waals surface area contributed by atoms with Crippen LogP contribution in [0.5, 0.6) is 0 Å². The molecule has 100 valence electrons. The minimum Gasteiger partial charge on any atom is -0.353 e. The Kier molecular flexibility index (Phi) is 6.28. The van der Waals surface area contributed by atoms with E-state index in [0.717, 1.165) is 37.8 Å². The van der Waals surface area contributed by atoms with Crippen LogP contribution in [0.15, 0.2) is 0 Å². The summed E-state index contributed by atoms with van der Waals surface area (Å²) in [5, 5.41) is 6.48. The Balaban J connectivity index is 0.00000144. The predicted molar refractivity (Wildman–Crippen MR) is 72.4 cm³/mol. The molecule has 0 radical (unpaired) electrons. The second kappa shape index (κ2) is 7.22. The minimum atomic E-state index is 0. The van der Waals surface area contributed by atoms with Crippen molar-refractivity contribution in [2.45, 2.75) is 51.5 Å². The molecule has 0 spiro atoms. The summed E-state index contributed by atoms with van der Waals surface area (Å²) in [6, 6.07) is 0.403. The van der Waals surface area contributed by atoms with Crippen molar-refractivity contribution in [2.75, 3.05) is 13.1 Å². The molecule has 1 aliphatic heterocycles. The first-order chi connectivity index (χ1) is 7.75. The lowest BCUT2D eigenvalue weighted by Gasteiger charge is -2.22. The Hall–Kier alpha value is -0.280. The van der Waals surface area contributed by atoms with Gasteiger partial charge in [-0.25, -0.2) is 0 Å². The maximum atomic E-state index is 11.7. The van der Waals surface area contributed by atoms with Crippen LogP contribution < -0.4 is 10.6 Å². The molecule has 17 heavy (non-hydrogen) atoms. The highest BCUT2D eigenvalue weighted by Crippen LogP contribution is 2.32. The molecule has 1 atom stereocenters. The van der Waals surface area contributed by atoms with Crippen molar-refractivity contribution in [1.29, 1.82) is 0 Å². The minimum absolute atomic E-state index is 0. The van der Waals surface area contributed by atoms with Crippen LogP contribution in [-0.2, 0) is 4.79 Å². The van der Waals surface area contributed by atoms with E-state index < -0.39 is 0 Å². The predicted octanol–water partition coefficient (Wildman–Crippen LogP) is 2.10. The van der Waals surface area contributed by atoms with Crippen molar-refractivity contribution in [3.63, 3.8) is 0 Å². The van der Waals surface area contributed by atoms with E-state index in [1.807, 2.05) is 0 Å². The number of halogens is 1. The number of carbonyl (C=O) groups is 1. The van der Waals surface area contributed by atoms with Gasteiger partial charge in [0.25, 0.3) is 0 Å². The van der Waals surface area contributed by atoms with E-state index in [1.54, 1.807) is 0 Å². The maximum Gasteiger partial charge on any atom is 0.220 e. The van der Waals surface area contributed by atoms with E-state index in [2.05, 4.69) is 17.6 Å². The topological polar surface area (TPSA) is 41.1 Å². The van der Waals surface area contributed by atoms with Crippen molar-refractivity contribution < 1.29 is 4.79 Å². The van der Waals surface area contributed by atoms with Crippen molar-refractivity contribution >= 4 is 18.3 Å². The largest absolute Gasteiger partial charge is 0.353 e. The molecule has 2 rings (SSSR count). The molecule has 1 aliphatic carbocycles. The summed E-state index contributed by atoms with van der Waals surface area (Å²) in [5.74, 6) is 1.80. The summed E-state index contributed by atoms with van der Waals surface area (Å²) in [7, 11) is 0. The Morgan fingerprint density at radius 2 is 1.94 bits per heavy atom. The van der Waals surface area contributed by atoms with Crippen molar-refractivity contribution in [3.8, 4) is 0 Å². The fourth-order valence-corrected chi connectivity index (χ4v) is 2.55. The van der Waals surface area contributed by atoms with Crippen molar-refractivity contribution in [3.05, 3.63) is 0 Å². The van der Waals surface area contributed by atoms with Gasteiger partial charge < -0.3 is 10.6 Å². The Morgan fingerprint density at radius 1 is 1.29 bits per heavy atom. The van der Waals surface area contributed by atoms with Crippen LogP contribution >= 0.6 is 12.4 Å². The lowest BCUT2D eigenvalue weighted by molar-refractivity contribution is -0.122. The Bertz CT molecular complexity index is 238. The molecular weight excluding hydrogens is 236 g/mol. The third-order valence-electron chi connectivity index (χ3n) is 3.96. The molecule has 4 heteroatoms. The Morgan fingerprint density at radius 3 is 2.53 bits per heavy atom. The van der Waals surface area contributed by atoms with Crippen molar-refractivity contribution in [1.82, 2.24) is 10.6 Å². The van der Waals surface area contributed by atoms with Crippen molar-refractivity contribution in [2.24, 2.45) is 11.8 Å². The summed E-state index contributed by atoms with van der Waals surface area (Å²) in [5.41, 5.74) is 0. The number of piperidine rings is 1. The zero-order valence-corrected chi connectivity index (χ0v) is 11.5. The fourth-order valence-electron chi connectivity index (χ4n) is 2.55. The molecule has 0 aromatic heterocycles. The molecule has 1 amide bonds. The Labute approximate surface area is 111 Å². The number of nitrogens with one attached hydrogen (secondary N) is 2. The highest BCUT2D eigenvalue weighted by Gasteiger charge is 2.28. The first-order valence-corrected chi connectivity index (χ1v) is 6.76. The molecule has 2 N–H and O–H groups in total. The van der Waals surface area contributed by atoms with Gasteiger partial charge in [0.05, 0.1) is 0 Å². The molecule has 2 aliphatic rings. The number of carbonyl (C=O) groups excluding carboxylic acids is 1. The van der Waals surface area contributed by atoms with Gasteiger partial charge in [-0.3, -0.25) is 4.79 Å². The smallest absolute Gasteiger partial charge is 0.220 e. The van der Waals surface area contributed by atoms with Crippen LogP contribution in [0, 0.1) is 11.8 Å². The SMILES string of the molecule is CC(NC(=O)CCC1CCNCC1)C1CC1.Cl. The van der Waals surface area contributed by atoms with E-state index in [0.29, 0.717) is 6.04 Å². The molecule has 0 bridgehead atoms. The summed E-state index contributed by atoms with van der Waals surface area (Å²) in [6.07, 6.45) is 6.88. The normalized spacial score (nSPS) is 22.6. The van der Waals surface area contributed by atoms with E-state index in [1.165, 1.54) is 25.7 Å². The van der Waals surface area contributed by atoms with Crippen LogP contribution in [0.2, 0.25) is 0 Å². The van der Waals surface area contributed by atoms with E-state index >= 15 is 0 Å². The van der Waals surface area contributed by atoms with Crippen LogP contribution in [0.1, 0.15) is 45.4 Å². The molecule has 0 aromatic carbocycles. The van der Waals surface area contributed by atoms with Gasteiger partial charge in [0.15, 0.2) is 0 Å². The highest BCUT2D eigenvalue weighted by molar-refractivity contribution is 5.85. The molecule has 1 saturated carbocycles. The van der Waals surface area contributed by atoms with Gasteiger partial charge in [-0.2, -0.15) is 0 Å². The zero-order valence-electron chi connectivity index (χ0n) is 10.7. The van der Waals surface area contributed by atoms with Gasteiger partial charge in [-0.05, 0) is 64.0 Å². The summed E-state index contributed by atoms with van der Waals surface area (Å²) < 4.78 is 0. The van der Waals surface area contributed by atoms with Crippen LogP contribution in [0.25, 0.3) is 0 Å². The summed E-state index contributed by atoms with van der Waals surface area (Å²) in [4.78, 5) is 11.7. The molecule has 0 aromatic rings. The standard InChI is InChI=1S/C13H24N2O.ClH/c1-10(12-3-4-12)15-13(16)5-2-11-6-8-14-9-7-11;/h10-12,14H,2-9H2,1H3,(H,15,16);1H. The average Bonchev–Trinajstić information content (AvgIpc) is 3.11. The zero-order chi connectivity index (χ0) is 11.4. The monoisotopic (exact) mass is 260 g/mol. The lowest BCUT2D eigenvalue weighted by atomic mass is 9.93. The number of hydrogen-bond donors (Lipinski definition) is 2. The van der Waals surface area contributed by atoms with Gasteiger partial charge >= 0.3 is 0 Å². The molecule has 2 fully saturated rings. The third-order valence-corrected chi connectivity index (χ3v) is 3.96. The molecule has 3 nitrogen and oxygen atoms in total. The van der Waals surface area contributed by atoms with E-state index in [9.17, 15) is 4.79 Å². The molecule has 1 heterocycles. The van der Waals surface area contributed by atoms with E-state index in [4.69, 9.17) is 0 Å². The second-order valence-electron chi connectivity index (χ2n) is 5.43. The lowest BCUT2D eigenvalue weighted by Crippen LogP contribution is -2.34. The first kappa shape index (κ1) is 14.8. The van der Waals surface area contributed by atoms with Gasteiger partial charge in [0.1, 0.15) is 0 Å². The molecule has 1 saturated heterocycles. The molecule has 1 unspecified atom stereocenters. The average molecular weight is 261 g/mol. The summed E-state index contributed by atoms with van der Waals surface area (Å²) in [6.45, 7) is 4.40. The number of amides is 1.